The molecule has 1 saturated heterocycles. The summed E-state index contributed by atoms with van der Waals surface area (Å²) in [6, 6.07) is 7.78. The summed E-state index contributed by atoms with van der Waals surface area (Å²) >= 11 is 1.52. The molecule has 0 aliphatic carbocycles. The number of hydrogen-bond donors (Lipinski definition) is 0. The minimum Gasteiger partial charge on any atom is -0.497 e. The van der Waals surface area contributed by atoms with E-state index in [0.29, 0.717) is 5.69 Å². The molecular weight excluding hydrogens is 346 g/mol. The lowest BCUT2D eigenvalue weighted by molar-refractivity contribution is 0.0678. The van der Waals surface area contributed by atoms with Gasteiger partial charge in [-0.2, -0.15) is 0 Å². The average molecular weight is 374 g/mol. The van der Waals surface area contributed by atoms with Crippen LogP contribution in [0.15, 0.2) is 29.6 Å². The second kappa shape index (κ2) is 8.64. The Morgan fingerprint density at radius 3 is 2.58 bits per heavy atom. The number of piperidine rings is 1. The van der Waals surface area contributed by atoms with Crippen molar-refractivity contribution in [2.24, 2.45) is 5.92 Å². The third-order valence-corrected chi connectivity index (χ3v) is 5.84. The van der Waals surface area contributed by atoms with Crippen molar-refractivity contribution >= 4 is 17.2 Å². The monoisotopic (exact) mass is 373 g/mol. The third-order valence-electron chi connectivity index (χ3n) is 4.95. The van der Waals surface area contributed by atoms with Gasteiger partial charge in [0.25, 0.3) is 5.91 Å². The van der Waals surface area contributed by atoms with Gasteiger partial charge in [-0.1, -0.05) is 0 Å². The van der Waals surface area contributed by atoms with Crippen molar-refractivity contribution in [1.29, 1.82) is 0 Å². The van der Waals surface area contributed by atoms with Crippen molar-refractivity contribution in [1.82, 2.24) is 14.8 Å². The molecule has 1 aliphatic heterocycles. The zero-order chi connectivity index (χ0) is 18.5. The molecule has 1 amide bonds. The third kappa shape index (κ3) is 4.62. The van der Waals surface area contributed by atoms with Crippen molar-refractivity contribution in [3.05, 3.63) is 35.3 Å². The quantitative estimate of drug-likeness (QED) is 0.776. The molecule has 2 aromatic rings. The molecule has 0 radical (unpaired) electrons. The van der Waals surface area contributed by atoms with Gasteiger partial charge in [-0.25, -0.2) is 4.98 Å². The van der Waals surface area contributed by atoms with Crippen LogP contribution >= 0.6 is 11.3 Å². The van der Waals surface area contributed by atoms with Crippen LogP contribution in [0.2, 0.25) is 0 Å². The Balaban J connectivity index is 1.58. The van der Waals surface area contributed by atoms with Crippen molar-refractivity contribution < 1.29 is 9.53 Å². The highest BCUT2D eigenvalue weighted by Crippen LogP contribution is 2.27. The summed E-state index contributed by atoms with van der Waals surface area (Å²) in [5.74, 6) is 1.61. The van der Waals surface area contributed by atoms with Gasteiger partial charge in [-0.3, -0.25) is 4.79 Å². The lowest BCUT2D eigenvalue weighted by atomic mass is 9.93. The molecule has 6 heteroatoms. The molecular formula is C20H27N3O2S. The van der Waals surface area contributed by atoms with Crippen LogP contribution in [-0.2, 0) is 0 Å². The van der Waals surface area contributed by atoms with Crippen molar-refractivity contribution in [3.8, 4) is 16.3 Å². The maximum atomic E-state index is 12.8. The lowest BCUT2D eigenvalue weighted by Crippen LogP contribution is -2.39. The van der Waals surface area contributed by atoms with E-state index in [9.17, 15) is 4.79 Å². The van der Waals surface area contributed by atoms with E-state index < -0.39 is 0 Å². The van der Waals surface area contributed by atoms with Crippen molar-refractivity contribution in [3.63, 3.8) is 0 Å². The van der Waals surface area contributed by atoms with Gasteiger partial charge in [0, 0.05) is 24.0 Å². The number of benzene rings is 1. The minimum absolute atomic E-state index is 0.0621. The number of thiazole rings is 1. The van der Waals surface area contributed by atoms with E-state index in [-0.39, 0.29) is 5.91 Å². The second-order valence-electron chi connectivity index (χ2n) is 7.09. The average Bonchev–Trinajstić information content (AvgIpc) is 3.16. The molecule has 0 saturated carbocycles. The molecule has 0 unspecified atom stereocenters. The Morgan fingerprint density at radius 1 is 1.27 bits per heavy atom. The van der Waals surface area contributed by atoms with E-state index in [1.54, 1.807) is 7.11 Å². The lowest BCUT2D eigenvalue weighted by Gasteiger charge is -2.32. The normalized spacial score (nSPS) is 15.5. The van der Waals surface area contributed by atoms with Gasteiger partial charge in [0.1, 0.15) is 16.5 Å². The van der Waals surface area contributed by atoms with Gasteiger partial charge < -0.3 is 14.5 Å². The molecule has 1 aromatic heterocycles. The van der Waals surface area contributed by atoms with E-state index in [0.717, 1.165) is 54.7 Å². The molecule has 3 rings (SSSR count). The molecule has 0 spiro atoms. The van der Waals surface area contributed by atoms with Crippen LogP contribution in [0.4, 0.5) is 0 Å². The Morgan fingerprint density at radius 2 is 1.96 bits per heavy atom. The predicted octanol–water partition coefficient (Wildman–Crippen LogP) is 3.62. The van der Waals surface area contributed by atoms with Gasteiger partial charge in [0.2, 0.25) is 0 Å². The van der Waals surface area contributed by atoms with E-state index in [1.165, 1.54) is 17.8 Å². The Hall–Kier alpha value is -1.92. The number of methoxy groups -OCH3 is 1. The summed E-state index contributed by atoms with van der Waals surface area (Å²) in [5.41, 5.74) is 1.57. The Labute approximate surface area is 159 Å². The molecule has 1 fully saturated rings. The van der Waals surface area contributed by atoms with Crippen LogP contribution < -0.4 is 4.74 Å². The summed E-state index contributed by atoms with van der Waals surface area (Å²) in [7, 11) is 5.88. The van der Waals surface area contributed by atoms with Crippen LogP contribution in [0.3, 0.4) is 0 Å². The zero-order valence-corrected chi connectivity index (χ0v) is 16.6. The van der Waals surface area contributed by atoms with Crippen molar-refractivity contribution in [2.75, 3.05) is 40.8 Å². The number of hydrogen-bond acceptors (Lipinski definition) is 5. The number of nitrogens with zero attached hydrogens (tertiary/aromatic N) is 3. The summed E-state index contributed by atoms with van der Waals surface area (Å²) < 4.78 is 5.19. The van der Waals surface area contributed by atoms with Crippen molar-refractivity contribution in [2.45, 2.75) is 19.3 Å². The first-order chi connectivity index (χ1) is 12.6. The Bertz CT molecular complexity index is 719. The summed E-state index contributed by atoms with van der Waals surface area (Å²) in [5, 5.41) is 2.75. The van der Waals surface area contributed by atoms with Crippen LogP contribution in [0, 0.1) is 5.92 Å². The zero-order valence-electron chi connectivity index (χ0n) is 15.8. The number of ether oxygens (including phenoxy) is 1. The van der Waals surface area contributed by atoms with Crippen LogP contribution in [-0.4, -0.2) is 61.5 Å². The summed E-state index contributed by atoms with van der Waals surface area (Å²) in [6.45, 7) is 2.80. The first-order valence-electron chi connectivity index (χ1n) is 9.11. The standard InChI is InChI=1S/C20H27N3O2S/c1-22(2)11-8-15-9-12-23(13-10-15)20(24)18-14-26-19(21-18)16-4-6-17(25-3)7-5-16/h4-7,14-15H,8-13H2,1-3H3. The number of likely N-dealkylation sites (tertiary alicyclic amines) is 1. The van der Waals surface area contributed by atoms with Gasteiger partial charge in [0.15, 0.2) is 0 Å². The number of carbonyl (C=O) groups is 1. The molecule has 5 nitrogen and oxygen atoms in total. The molecule has 1 aromatic carbocycles. The predicted molar refractivity (Wildman–Crippen MR) is 106 cm³/mol. The maximum absolute atomic E-state index is 12.8. The van der Waals surface area contributed by atoms with Crippen LogP contribution in [0.1, 0.15) is 29.8 Å². The molecule has 2 heterocycles. The Kier molecular flexibility index (Phi) is 6.27. The largest absolute Gasteiger partial charge is 0.497 e. The fraction of sp³-hybridized carbons (Fsp3) is 0.500. The highest BCUT2D eigenvalue weighted by Gasteiger charge is 2.25. The van der Waals surface area contributed by atoms with E-state index in [2.05, 4.69) is 24.0 Å². The van der Waals surface area contributed by atoms with Gasteiger partial charge in [-0.15, -0.1) is 11.3 Å². The first-order valence-corrected chi connectivity index (χ1v) is 9.98. The molecule has 140 valence electrons. The number of carbonyl (C=O) groups excluding carboxylic acids is 1. The summed E-state index contributed by atoms with van der Waals surface area (Å²) in [4.78, 5) is 21.5. The molecule has 0 atom stereocenters. The first kappa shape index (κ1) is 18.9. The SMILES string of the molecule is COc1ccc(-c2nc(C(=O)N3CCC(CCN(C)C)CC3)cs2)cc1. The molecule has 26 heavy (non-hydrogen) atoms. The summed E-state index contributed by atoms with van der Waals surface area (Å²) in [6.07, 6.45) is 3.40. The van der Waals surface area contributed by atoms with Crippen LogP contribution in [0.25, 0.3) is 10.6 Å². The topological polar surface area (TPSA) is 45.7 Å². The minimum atomic E-state index is 0.0621. The highest BCUT2D eigenvalue weighted by atomic mass is 32.1. The van der Waals surface area contributed by atoms with E-state index >= 15 is 0 Å². The highest BCUT2D eigenvalue weighted by molar-refractivity contribution is 7.13. The van der Waals surface area contributed by atoms with E-state index in [1.807, 2.05) is 34.5 Å². The molecule has 0 bridgehead atoms. The van der Waals surface area contributed by atoms with Gasteiger partial charge in [0.05, 0.1) is 7.11 Å². The van der Waals surface area contributed by atoms with Crippen LogP contribution in [0.5, 0.6) is 5.75 Å². The number of rotatable bonds is 6. The van der Waals surface area contributed by atoms with E-state index in [4.69, 9.17) is 4.74 Å². The molecule has 1 aliphatic rings. The fourth-order valence-electron chi connectivity index (χ4n) is 3.27. The van der Waals surface area contributed by atoms with Gasteiger partial charge >= 0.3 is 0 Å². The molecule has 0 N–H and O–H groups in total. The second-order valence-corrected chi connectivity index (χ2v) is 7.95. The number of aromatic nitrogens is 1. The van der Waals surface area contributed by atoms with Gasteiger partial charge in [-0.05, 0) is 70.1 Å². The fourth-order valence-corrected chi connectivity index (χ4v) is 4.07. The smallest absolute Gasteiger partial charge is 0.273 e. The number of amides is 1. The maximum Gasteiger partial charge on any atom is 0.273 e.